The second-order valence-electron chi connectivity index (χ2n) is 7.91. The molecule has 2 aromatic rings. The molecule has 1 aromatic heterocycles. The fourth-order valence-corrected chi connectivity index (χ4v) is 3.37. The molecule has 0 spiro atoms. The lowest BCUT2D eigenvalue weighted by Crippen LogP contribution is -2.42. The number of rotatable bonds is 9. The number of hydrogen-bond acceptors (Lipinski definition) is 7. The lowest BCUT2D eigenvalue weighted by molar-refractivity contribution is -0.150. The quantitative estimate of drug-likeness (QED) is 0.545. The molecule has 7 nitrogen and oxygen atoms in total. The Balaban J connectivity index is 1.80. The molecule has 1 saturated carbocycles. The van der Waals surface area contributed by atoms with Crippen LogP contribution in [0.3, 0.4) is 0 Å². The van der Waals surface area contributed by atoms with Crippen LogP contribution in [0.1, 0.15) is 50.4 Å². The van der Waals surface area contributed by atoms with Crippen LogP contribution in [-0.2, 0) is 6.54 Å². The normalized spacial score (nSPS) is 15.9. The average molecular weight is 448 g/mol. The van der Waals surface area contributed by atoms with Crippen LogP contribution in [0.5, 0.6) is 5.75 Å². The van der Waals surface area contributed by atoms with Crippen molar-refractivity contribution in [3.63, 3.8) is 0 Å². The summed E-state index contributed by atoms with van der Waals surface area (Å²) in [6.07, 6.45) is 1.71. The number of nitrogens with zero attached hydrogens (tertiary/aromatic N) is 4. The van der Waals surface area contributed by atoms with E-state index in [-0.39, 0.29) is 5.92 Å². The summed E-state index contributed by atoms with van der Waals surface area (Å²) in [5.41, 5.74) is 6.84. The lowest BCUT2D eigenvalue weighted by atomic mass is 9.89. The Hall–Kier alpha value is -3.06. The van der Waals surface area contributed by atoms with Gasteiger partial charge in [0.05, 0.1) is 43.7 Å². The number of aromatic nitrogens is 2. The van der Waals surface area contributed by atoms with Gasteiger partial charge in [0.25, 0.3) is 0 Å². The van der Waals surface area contributed by atoms with Gasteiger partial charge in [0.1, 0.15) is 17.6 Å². The summed E-state index contributed by atoms with van der Waals surface area (Å²) < 4.78 is 43.3. The molecule has 0 bridgehead atoms. The number of alkyl halides is 3. The van der Waals surface area contributed by atoms with Gasteiger partial charge in [-0.25, -0.2) is 15.4 Å². The molecule has 172 valence electrons. The first-order valence-corrected chi connectivity index (χ1v) is 10.5. The van der Waals surface area contributed by atoms with Crippen molar-refractivity contribution in [1.29, 1.82) is 5.26 Å². The third-order valence-electron chi connectivity index (χ3n) is 5.66. The van der Waals surface area contributed by atoms with Crippen LogP contribution in [0.2, 0.25) is 0 Å². The number of benzene rings is 1. The highest BCUT2D eigenvalue weighted by atomic mass is 19.4. The summed E-state index contributed by atoms with van der Waals surface area (Å²) in [4.78, 5) is 10.9. The van der Waals surface area contributed by atoms with E-state index in [0.717, 1.165) is 37.4 Å². The molecule has 1 heterocycles. The molecule has 3 rings (SSSR count). The number of hydrogen-bond donors (Lipinski definition) is 2. The Labute approximate surface area is 185 Å². The highest BCUT2D eigenvalue weighted by molar-refractivity contribution is 5.60. The predicted octanol–water partition coefficient (Wildman–Crippen LogP) is 4.54. The molecule has 10 heteroatoms. The van der Waals surface area contributed by atoms with Gasteiger partial charge in [0.15, 0.2) is 0 Å². The first-order chi connectivity index (χ1) is 15.2. The number of halogens is 3. The molecule has 0 radical (unpaired) electrons. The van der Waals surface area contributed by atoms with E-state index in [0.29, 0.717) is 29.8 Å². The number of methoxy groups -OCH3 is 1. The molecule has 0 aliphatic heterocycles. The lowest BCUT2D eigenvalue weighted by Gasteiger charge is -2.40. The van der Waals surface area contributed by atoms with Crippen molar-refractivity contribution in [1.82, 2.24) is 15.4 Å². The summed E-state index contributed by atoms with van der Waals surface area (Å²) in [6.45, 7) is 3.29. The van der Waals surface area contributed by atoms with Crippen molar-refractivity contribution in [3.05, 3.63) is 42.0 Å². The van der Waals surface area contributed by atoms with Crippen LogP contribution >= 0.6 is 0 Å². The molecule has 1 aliphatic rings. The van der Waals surface area contributed by atoms with Gasteiger partial charge in [-0.3, -0.25) is 0 Å². The van der Waals surface area contributed by atoms with Gasteiger partial charge in [-0.05, 0) is 44.7 Å². The van der Waals surface area contributed by atoms with Crippen LogP contribution in [-0.4, -0.2) is 35.3 Å². The van der Waals surface area contributed by atoms with Crippen molar-refractivity contribution in [2.24, 2.45) is 0 Å². The van der Waals surface area contributed by atoms with Crippen LogP contribution in [0.4, 0.5) is 24.5 Å². The fourth-order valence-electron chi connectivity index (χ4n) is 3.37. The molecular formula is C22H27F3N6O. The fraction of sp³-hybridized carbons (Fsp3) is 0.500. The molecule has 2 N–H and O–H groups in total. The average Bonchev–Trinajstić information content (AvgIpc) is 2.75. The van der Waals surface area contributed by atoms with Crippen molar-refractivity contribution >= 4 is 11.4 Å². The van der Waals surface area contributed by atoms with Gasteiger partial charge >= 0.3 is 6.18 Å². The third-order valence-corrected chi connectivity index (χ3v) is 5.66. The number of anilines is 2. The van der Waals surface area contributed by atoms with Crippen LogP contribution < -0.4 is 20.5 Å². The van der Waals surface area contributed by atoms with E-state index in [2.05, 4.69) is 31.8 Å². The maximum Gasteiger partial charge on any atom is 0.405 e. The first kappa shape index (κ1) is 23.6. The molecule has 1 aliphatic carbocycles. The van der Waals surface area contributed by atoms with E-state index in [1.54, 1.807) is 7.11 Å². The van der Waals surface area contributed by atoms with E-state index in [9.17, 15) is 18.4 Å². The number of nitrogens with one attached hydrogen (secondary N) is 2. The minimum absolute atomic E-state index is 0.294. The van der Waals surface area contributed by atoms with E-state index < -0.39 is 12.2 Å². The molecule has 2 atom stereocenters. The maximum atomic E-state index is 12.6. The Kier molecular flexibility index (Phi) is 7.40. The van der Waals surface area contributed by atoms with Gasteiger partial charge < -0.3 is 15.1 Å². The smallest absolute Gasteiger partial charge is 0.405 e. The highest BCUT2D eigenvalue weighted by Gasteiger charge is 2.35. The molecule has 0 amide bonds. The minimum Gasteiger partial charge on any atom is -0.497 e. The monoisotopic (exact) mass is 448 g/mol. The molecular weight excluding hydrogens is 421 g/mol. The highest BCUT2D eigenvalue weighted by Crippen LogP contribution is 2.37. The van der Waals surface area contributed by atoms with E-state index >= 15 is 0 Å². The Morgan fingerprint density at radius 2 is 1.94 bits per heavy atom. The largest absolute Gasteiger partial charge is 0.497 e. The van der Waals surface area contributed by atoms with Gasteiger partial charge in [0, 0.05) is 17.8 Å². The second-order valence-corrected chi connectivity index (χ2v) is 7.91. The Bertz CT molecular complexity index is 940. The minimum atomic E-state index is -4.36. The topological polar surface area (TPSA) is 86.1 Å². The van der Waals surface area contributed by atoms with Crippen molar-refractivity contribution in [2.75, 3.05) is 17.4 Å². The maximum absolute atomic E-state index is 12.6. The van der Waals surface area contributed by atoms with Gasteiger partial charge in [-0.15, -0.1) is 0 Å². The molecule has 1 unspecified atom stereocenters. The summed E-state index contributed by atoms with van der Waals surface area (Å²) in [5.74, 6) is 0.931. The summed E-state index contributed by atoms with van der Waals surface area (Å²) in [6, 6.07) is 6.56. The van der Waals surface area contributed by atoms with E-state index in [4.69, 9.17) is 4.74 Å². The number of ether oxygens (including phenoxy) is 1. The SMILES string of the molecule is COc1ccc(C(C)C#N)c(N(Cc2ncc(NN[C@H](C)C(F)(F)F)cn2)C2CCC2)c1. The predicted molar refractivity (Wildman–Crippen MR) is 115 cm³/mol. The van der Waals surface area contributed by atoms with Crippen molar-refractivity contribution < 1.29 is 17.9 Å². The summed E-state index contributed by atoms with van der Waals surface area (Å²) in [5, 5.41) is 9.48. The standard InChI is InChI=1S/C22H27F3N6O/c1-14(10-26)19-8-7-18(32-3)9-20(19)31(17-5-4-6-17)13-21-27-11-16(12-28-21)30-29-15(2)22(23,24)25/h7-9,11-12,14-15,17,29-30H,4-6,13H2,1-3H3/t14?,15-/m1/s1. The molecule has 0 saturated heterocycles. The third kappa shape index (κ3) is 5.59. The van der Waals surface area contributed by atoms with Crippen molar-refractivity contribution in [2.45, 2.75) is 63.8 Å². The molecule has 32 heavy (non-hydrogen) atoms. The zero-order valence-electron chi connectivity index (χ0n) is 18.3. The molecule has 1 fully saturated rings. The van der Waals surface area contributed by atoms with Crippen molar-refractivity contribution in [3.8, 4) is 11.8 Å². The van der Waals surface area contributed by atoms with Crippen LogP contribution in [0.15, 0.2) is 30.6 Å². The Morgan fingerprint density at radius 3 is 2.47 bits per heavy atom. The first-order valence-electron chi connectivity index (χ1n) is 10.5. The van der Waals surface area contributed by atoms with E-state index in [1.165, 1.54) is 12.4 Å². The van der Waals surface area contributed by atoms with E-state index in [1.807, 2.05) is 25.1 Å². The second kappa shape index (κ2) is 10.0. The number of hydrazine groups is 1. The number of nitriles is 1. The zero-order chi connectivity index (χ0) is 23.3. The zero-order valence-corrected chi connectivity index (χ0v) is 18.3. The van der Waals surface area contributed by atoms with Gasteiger partial charge in [-0.2, -0.15) is 18.4 Å². The van der Waals surface area contributed by atoms with Gasteiger partial charge in [0.2, 0.25) is 0 Å². The van der Waals surface area contributed by atoms with Gasteiger partial charge in [-0.1, -0.05) is 6.07 Å². The van der Waals surface area contributed by atoms with Crippen LogP contribution in [0.25, 0.3) is 0 Å². The Morgan fingerprint density at radius 1 is 1.25 bits per heavy atom. The summed E-state index contributed by atoms with van der Waals surface area (Å²) in [7, 11) is 1.60. The van der Waals surface area contributed by atoms with Crippen LogP contribution in [0, 0.1) is 11.3 Å². The molecule has 1 aromatic carbocycles. The summed E-state index contributed by atoms with van der Waals surface area (Å²) >= 11 is 0.